The summed E-state index contributed by atoms with van der Waals surface area (Å²) < 4.78 is 11.7. The number of fused-ring (bicyclic) bond motifs is 1. The highest BCUT2D eigenvalue weighted by atomic mass is 16.5. The maximum Gasteiger partial charge on any atom is 0.267 e. The monoisotopic (exact) mass is 383 g/mol. The molecule has 9 heteroatoms. The Kier molecular flexibility index (Phi) is 6.37. The van der Waals surface area contributed by atoms with Crippen molar-refractivity contribution in [1.29, 1.82) is 5.26 Å². The van der Waals surface area contributed by atoms with Gasteiger partial charge in [-0.3, -0.25) is 14.0 Å². The van der Waals surface area contributed by atoms with Gasteiger partial charge in [0.1, 0.15) is 23.1 Å². The van der Waals surface area contributed by atoms with E-state index < -0.39 is 5.91 Å². The largest absolute Gasteiger partial charge is 0.383 e. The number of carbonyl (C=O) groups is 1. The Bertz CT molecular complexity index is 986. The molecule has 1 aliphatic heterocycles. The van der Waals surface area contributed by atoms with E-state index in [1.54, 1.807) is 24.4 Å². The van der Waals surface area contributed by atoms with E-state index in [4.69, 9.17) is 9.47 Å². The predicted molar refractivity (Wildman–Crippen MR) is 103 cm³/mol. The number of pyridine rings is 1. The second-order valence-corrected chi connectivity index (χ2v) is 6.10. The average molecular weight is 383 g/mol. The molecule has 0 unspecified atom stereocenters. The standard InChI is InChI=1S/C19H21N5O4/c1-27-9-5-21-18(25)14(13-20)12-15-17(23-7-10-28-11-8-23)22-16-4-2-3-6-24(16)19(15)26/h2-4,6,12H,5,7-11H2,1H3,(H,21,25)/b14-12+. The summed E-state index contributed by atoms with van der Waals surface area (Å²) in [5.41, 5.74) is 0.183. The molecule has 9 nitrogen and oxygen atoms in total. The summed E-state index contributed by atoms with van der Waals surface area (Å²) in [4.78, 5) is 31.9. The first-order valence-electron chi connectivity index (χ1n) is 8.88. The van der Waals surface area contributed by atoms with Crippen molar-refractivity contribution in [2.24, 2.45) is 0 Å². The number of hydrogen-bond donors (Lipinski definition) is 1. The highest BCUT2D eigenvalue weighted by Crippen LogP contribution is 2.20. The molecule has 146 valence electrons. The van der Waals surface area contributed by atoms with Gasteiger partial charge in [-0.1, -0.05) is 6.07 Å². The van der Waals surface area contributed by atoms with Gasteiger partial charge in [0.2, 0.25) is 0 Å². The predicted octanol–water partition coefficient (Wildman–Crippen LogP) is 0.201. The summed E-state index contributed by atoms with van der Waals surface area (Å²) in [6.45, 7) is 2.75. The van der Waals surface area contributed by atoms with Gasteiger partial charge in [0.15, 0.2) is 0 Å². The molecule has 1 aliphatic rings. The first-order valence-corrected chi connectivity index (χ1v) is 8.88. The van der Waals surface area contributed by atoms with Gasteiger partial charge < -0.3 is 19.7 Å². The van der Waals surface area contributed by atoms with E-state index in [-0.39, 0.29) is 23.2 Å². The Hall–Kier alpha value is -3.22. The number of amides is 1. The van der Waals surface area contributed by atoms with Gasteiger partial charge in [0, 0.05) is 32.9 Å². The lowest BCUT2D eigenvalue weighted by atomic mass is 10.1. The number of morpholine rings is 1. The van der Waals surface area contributed by atoms with Crippen LogP contribution in [0.4, 0.5) is 5.82 Å². The van der Waals surface area contributed by atoms with Gasteiger partial charge in [-0.05, 0) is 18.2 Å². The van der Waals surface area contributed by atoms with Gasteiger partial charge >= 0.3 is 0 Å². The smallest absolute Gasteiger partial charge is 0.267 e. The molecular formula is C19H21N5O4. The van der Waals surface area contributed by atoms with Gasteiger partial charge in [0.05, 0.1) is 25.4 Å². The summed E-state index contributed by atoms with van der Waals surface area (Å²) in [7, 11) is 1.52. The summed E-state index contributed by atoms with van der Waals surface area (Å²) in [5, 5.41) is 12.0. The fraction of sp³-hybridized carbons (Fsp3) is 0.368. The number of carbonyl (C=O) groups excluding carboxylic acids is 1. The molecular weight excluding hydrogens is 362 g/mol. The van der Waals surface area contributed by atoms with E-state index in [9.17, 15) is 14.9 Å². The van der Waals surface area contributed by atoms with Gasteiger partial charge in [-0.15, -0.1) is 0 Å². The zero-order valence-corrected chi connectivity index (χ0v) is 15.6. The number of anilines is 1. The third kappa shape index (κ3) is 4.19. The molecule has 2 aromatic heterocycles. The van der Waals surface area contributed by atoms with Gasteiger partial charge in [-0.25, -0.2) is 4.98 Å². The van der Waals surface area contributed by atoms with Crippen LogP contribution in [0, 0.1) is 11.3 Å². The third-order valence-corrected chi connectivity index (χ3v) is 4.31. The fourth-order valence-electron chi connectivity index (χ4n) is 2.89. The highest BCUT2D eigenvalue weighted by molar-refractivity contribution is 6.02. The minimum atomic E-state index is -0.565. The first kappa shape index (κ1) is 19.5. The molecule has 0 aromatic carbocycles. The normalized spacial score (nSPS) is 14.7. The van der Waals surface area contributed by atoms with Gasteiger partial charge in [0.25, 0.3) is 11.5 Å². The highest BCUT2D eigenvalue weighted by Gasteiger charge is 2.21. The minimum absolute atomic E-state index is 0.166. The molecule has 0 aliphatic carbocycles. The molecule has 2 aromatic rings. The average Bonchev–Trinajstić information content (AvgIpc) is 2.74. The second kappa shape index (κ2) is 9.12. The molecule has 0 radical (unpaired) electrons. The molecule has 3 heterocycles. The van der Waals surface area contributed by atoms with Crippen LogP contribution in [0.1, 0.15) is 5.56 Å². The van der Waals surface area contributed by atoms with Crippen LogP contribution in [-0.4, -0.2) is 61.9 Å². The van der Waals surface area contributed by atoms with E-state index in [0.29, 0.717) is 44.4 Å². The van der Waals surface area contributed by atoms with E-state index in [1.807, 2.05) is 11.0 Å². The molecule has 1 saturated heterocycles. The summed E-state index contributed by atoms with van der Waals surface area (Å²) >= 11 is 0. The summed E-state index contributed by atoms with van der Waals surface area (Å²) in [6, 6.07) is 7.13. The molecule has 1 amide bonds. The lowest BCUT2D eigenvalue weighted by Crippen LogP contribution is -2.38. The quantitative estimate of drug-likeness (QED) is 0.431. The van der Waals surface area contributed by atoms with Crippen molar-refractivity contribution >= 4 is 23.4 Å². The molecule has 0 saturated carbocycles. The van der Waals surface area contributed by atoms with Crippen LogP contribution in [0.25, 0.3) is 11.7 Å². The summed E-state index contributed by atoms with van der Waals surface area (Å²) in [6.07, 6.45) is 2.91. The Morgan fingerprint density at radius 3 is 2.93 bits per heavy atom. The van der Waals surface area contributed by atoms with E-state index in [1.165, 1.54) is 17.6 Å². The number of methoxy groups -OCH3 is 1. The van der Waals surface area contributed by atoms with Crippen LogP contribution in [0.3, 0.4) is 0 Å². The maximum atomic E-state index is 13.1. The van der Waals surface area contributed by atoms with Crippen LogP contribution < -0.4 is 15.8 Å². The number of rotatable bonds is 6. The molecule has 28 heavy (non-hydrogen) atoms. The number of nitriles is 1. The molecule has 3 rings (SSSR count). The van der Waals surface area contributed by atoms with Crippen molar-refractivity contribution in [3.63, 3.8) is 0 Å². The van der Waals surface area contributed by atoms with Crippen LogP contribution in [0.2, 0.25) is 0 Å². The Balaban J connectivity index is 2.09. The maximum absolute atomic E-state index is 13.1. The van der Waals surface area contributed by atoms with Crippen molar-refractivity contribution in [2.75, 3.05) is 51.5 Å². The van der Waals surface area contributed by atoms with Crippen LogP contribution in [0.5, 0.6) is 0 Å². The Morgan fingerprint density at radius 1 is 1.43 bits per heavy atom. The number of aromatic nitrogens is 2. The molecule has 0 atom stereocenters. The van der Waals surface area contributed by atoms with Crippen LogP contribution >= 0.6 is 0 Å². The number of ether oxygens (including phenoxy) is 2. The molecule has 0 spiro atoms. The topological polar surface area (TPSA) is 109 Å². The lowest BCUT2D eigenvalue weighted by Gasteiger charge is -2.29. The van der Waals surface area contributed by atoms with Gasteiger partial charge in [-0.2, -0.15) is 5.26 Å². The zero-order chi connectivity index (χ0) is 19.9. The Morgan fingerprint density at radius 2 is 2.21 bits per heavy atom. The third-order valence-electron chi connectivity index (χ3n) is 4.31. The van der Waals surface area contributed by atoms with Crippen LogP contribution in [-0.2, 0) is 14.3 Å². The SMILES string of the molecule is COCCNC(=O)/C(C#N)=C/c1c(N2CCOCC2)nc2ccccn2c1=O. The summed E-state index contributed by atoms with van der Waals surface area (Å²) in [5.74, 6) is -0.123. The van der Waals surface area contributed by atoms with Crippen molar-refractivity contribution in [3.05, 3.63) is 45.9 Å². The molecule has 1 fully saturated rings. The second-order valence-electron chi connectivity index (χ2n) is 6.10. The van der Waals surface area contributed by atoms with E-state index in [2.05, 4.69) is 10.3 Å². The first-order chi connectivity index (χ1) is 13.7. The van der Waals surface area contributed by atoms with Crippen LogP contribution in [0.15, 0.2) is 34.8 Å². The van der Waals surface area contributed by atoms with E-state index in [0.717, 1.165) is 0 Å². The lowest BCUT2D eigenvalue weighted by molar-refractivity contribution is -0.117. The zero-order valence-electron chi connectivity index (χ0n) is 15.6. The Labute approximate surface area is 161 Å². The number of hydrogen-bond acceptors (Lipinski definition) is 7. The van der Waals surface area contributed by atoms with Crippen molar-refractivity contribution in [2.45, 2.75) is 0 Å². The number of nitrogens with one attached hydrogen (secondary N) is 1. The molecule has 1 N–H and O–H groups in total. The van der Waals surface area contributed by atoms with Crippen molar-refractivity contribution in [1.82, 2.24) is 14.7 Å². The fourth-order valence-corrected chi connectivity index (χ4v) is 2.89. The number of nitrogens with zero attached hydrogens (tertiary/aromatic N) is 4. The minimum Gasteiger partial charge on any atom is -0.383 e. The van der Waals surface area contributed by atoms with Crippen molar-refractivity contribution in [3.8, 4) is 6.07 Å². The van der Waals surface area contributed by atoms with E-state index >= 15 is 0 Å². The van der Waals surface area contributed by atoms with Crippen molar-refractivity contribution < 1.29 is 14.3 Å². The molecule has 0 bridgehead atoms.